The van der Waals surface area contributed by atoms with Gasteiger partial charge in [0.15, 0.2) is 0 Å². The Bertz CT molecular complexity index is 584. The average molecular weight is 348 g/mol. The van der Waals surface area contributed by atoms with E-state index in [0.29, 0.717) is 35.8 Å². The first-order valence-electron chi connectivity index (χ1n) is 8.74. The summed E-state index contributed by atoms with van der Waals surface area (Å²) < 4.78 is 0. The minimum Gasteiger partial charge on any atom is -0.368 e. The molecule has 0 aliphatic carbocycles. The molecule has 1 aromatic rings. The van der Waals surface area contributed by atoms with Gasteiger partial charge in [-0.05, 0) is 27.7 Å². The Kier molecular flexibility index (Phi) is 7.48. The number of carbonyl (C=O) groups excluding carboxylic acids is 1. The largest absolute Gasteiger partial charge is 0.368 e. The zero-order valence-corrected chi connectivity index (χ0v) is 16.5. The number of rotatable bonds is 8. The monoisotopic (exact) mass is 348 g/mol. The number of hydrogen-bond donors (Lipinski definition) is 3. The van der Waals surface area contributed by atoms with Crippen LogP contribution in [0.25, 0.3) is 0 Å². The van der Waals surface area contributed by atoms with E-state index < -0.39 is 5.41 Å². The van der Waals surface area contributed by atoms with Gasteiger partial charge in [0.25, 0.3) is 0 Å². The number of hydrogen-bond acceptors (Lipinski definition) is 6. The normalized spacial score (nSPS) is 11.9. The zero-order chi connectivity index (χ0) is 19.2. The van der Waals surface area contributed by atoms with Crippen LogP contribution in [0, 0.1) is 10.8 Å². The van der Waals surface area contributed by atoms with Crippen LogP contribution >= 0.6 is 0 Å². The van der Waals surface area contributed by atoms with E-state index in [0.717, 1.165) is 6.54 Å². The Morgan fingerprint density at radius 2 is 1.76 bits per heavy atom. The first kappa shape index (κ1) is 21.0. The van der Waals surface area contributed by atoms with Crippen molar-refractivity contribution in [2.45, 2.75) is 60.5 Å². The second-order valence-corrected chi connectivity index (χ2v) is 7.69. The van der Waals surface area contributed by atoms with E-state index >= 15 is 0 Å². The molecule has 0 saturated carbocycles. The highest BCUT2D eigenvalue weighted by Gasteiger charge is 2.23. The lowest BCUT2D eigenvalue weighted by molar-refractivity contribution is -0.123. The van der Waals surface area contributed by atoms with Crippen LogP contribution in [0.3, 0.4) is 0 Å². The van der Waals surface area contributed by atoms with Gasteiger partial charge in [0, 0.05) is 36.8 Å². The molecule has 0 aliphatic rings. The van der Waals surface area contributed by atoms with Gasteiger partial charge >= 0.3 is 0 Å². The molecule has 1 rings (SSSR count). The standard InChI is InChI=1S/C18H32N6O/c1-12(2)24(13(3)4)9-8-20-15-14(10-19)16(22-11-21-15)23-17(25)18(5,6)7/h10-13,19H,8-9H2,1-7H3,(H2,20,21,22,23,25). The number of amides is 1. The van der Waals surface area contributed by atoms with Crippen molar-refractivity contribution in [3.8, 4) is 0 Å². The van der Waals surface area contributed by atoms with E-state index in [1.165, 1.54) is 12.5 Å². The summed E-state index contributed by atoms with van der Waals surface area (Å²) in [6.45, 7) is 15.8. The molecule has 3 N–H and O–H groups in total. The van der Waals surface area contributed by atoms with Crippen molar-refractivity contribution < 1.29 is 4.79 Å². The highest BCUT2D eigenvalue weighted by molar-refractivity contribution is 6.00. The third-order valence-corrected chi connectivity index (χ3v) is 3.93. The Balaban J connectivity index is 2.86. The molecule has 0 fully saturated rings. The third-order valence-electron chi connectivity index (χ3n) is 3.93. The van der Waals surface area contributed by atoms with Crippen molar-refractivity contribution in [2.24, 2.45) is 5.41 Å². The van der Waals surface area contributed by atoms with Gasteiger partial charge in [-0.1, -0.05) is 20.8 Å². The molecule has 140 valence electrons. The molecular formula is C18H32N6O. The second kappa shape index (κ2) is 8.89. The molecular weight excluding hydrogens is 316 g/mol. The Hall–Kier alpha value is -2.02. The van der Waals surface area contributed by atoms with Crippen molar-refractivity contribution in [1.29, 1.82) is 5.41 Å². The van der Waals surface area contributed by atoms with Crippen LogP contribution in [0.15, 0.2) is 6.33 Å². The predicted octanol–water partition coefficient (Wildman–Crippen LogP) is 2.99. The second-order valence-electron chi connectivity index (χ2n) is 7.69. The van der Waals surface area contributed by atoms with Gasteiger partial charge in [0.2, 0.25) is 5.91 Å². The molecule has 0 aliphatic heterocycles. The van der Waals surface area contributed by atoms with Crippen LogP contribution in [0.4, 0.5) is 11.6 Å². The fraction of sp³-hybridized carbons (Fsp3) is 0.667. The predicted molar refractivity (Wildman–Crippen MR) is 103 cm³/mol. The van der Waals surface area contributed by atoms with Gasteiger partial charge in [0.05, 0.1) is 5.56 Å². The van der Waals surface area contributed by atoms with E-state index in [1.54, 1.807) is 0 Å². The molecule has 7 nitrogen and oxygen atoms in total. The molecule has 0 spiro atoms. The molecule has 1 aromatic heterocycles. The maximum absolute atomic E-state index is 12.2. The van der Waals surface area contributed by atoms with Crippen LogP contribution < -0.4 is 10.6 Å². The van der Waals surface area contributed by atoms with E-state index in [9.17, 15) is 4.79 Å². The molecule has 0 unspecified atom stereocenters. The fourth-order valence-corrected chi connectivity index (χ4v) is 2.48. The van der Waals surface area contributed by atoms with E-state index in [4.69, 9.17) is 5.41 Å². The van der Waals surface area contributed by atoms with Crippen LogP contribution in [0.5, 0.6) is 0 Å². The fourth-order valence-electron chi connectivity index (χ4n) is 2.48. The van der Waals surface area contributed by atoms with Gasteiger partial charge < -0.3 is 16.0 Å². The number of anilines is 2. The lowest BCUT2D eigenvalue weighted by Crippen LogP contribution is -2.40. The molecule has 1 amide bonds. The van der Waals surface area contributed by atoms with E-state index in [2.05, 4.69) is 53.2 Å². The summed E-state index contributed by atoms with van der Waals surface area (Å²) in [5.41, 5.74) is -0.0481. The lowest BCUT2D eigenvalue weighted by Gasteiger charge is -2.30. The van der Waals surface area contributed by atoms with Crippen LogP contribution in [-0.4, -0.2) is 52.2 Å². The SMILES string of the molecule is CC(C)N(CCNc1ncnc(NC(=O)C(C)(C)C)c1C=N)C(C)C. The zero-order valence-electron chi connectivity index (χ0n) is 16.5. The summed E-state index contributed by atoms with van der Waals surface area (Å²) in [6.07, 6.45) is 2.57. The summed E-state index contributed by atoms with van der Waals surface area (Å²) in [4.78, 5) is 22.9. The summed E-state index contributed by atoms with van der Waals surface area (Å²) in [6, 6.07) is 0.909. The van der Waals surface area contributed by atoms with Crippen molar-refractivity contribution in [3.63, 3.8) is 0 Å². The van der Waals surface area contributed by atoms with Gasteiger partial charge in [-0.25, -0.2) is 9.97 Å². The smallest absolute Gasteiger partial charge is 0.230 e. The minimum absolute atomic E-state index is 0.147. The molecule has 25 heavy (non-hydrogen) atoms. The summed E-state index contributed by atoms with van der Waals surface area (Å²) in [5, 5.41) is 13.7. The molecule has 0 radical (unpaired) electrons. The molecule has 0 bridgehead atoms. The lowest BCUT2D eigenvalue weighted by atomic mass is 9.96. The Labute approximate surface area is 151 Å². The average Bonchev–Trinajstić information content (AvgIpc) is 2.49. The van der Waals surface area contributed by atoms with Gasteiger partial charge in [-0.3, -0.25) is 9.69 Å². The third kappa shape index (κ3) is 6.08. The topological polar surface area (TPSA) is 94.0 Å². The number of aromatic nitrogens is 2. The quantitative estimate of drug-likeness (QED) is 0.628. The number of nitrogens with zero attached hydrogens (tertiary/aromatic N) is 3. The van der Waals surface area contributed by atoms with Gasteiger partial charge in [0.1, 0.15) is 18.0 Å². The maximum Gasteiger partial charge on any atom is 0.230 e. The first-order valence-corrected chi connectivity index (χ1v) is 8.74. The summed E-state index contributed by atoms with van der Waals surface area (Å²) >= 11 is 0. The van der Waals surface area contributed by atoms with Crippen molar-refractivity contribution in [3.05, 3.63) is 11.9 Å². The van der Waals surface area contributed by atoms with E-state index in [-0.39, 0.29) is 5.91 Å². The van der Waals surface area contributed by atoms with Crippen LogP contribution in [0.2, 0.25) is 0 Å². The first-order chi connectivity index (χ1) is 11.6. The van der Waals surface area contributed by atoms with Crippen LogP contribution in [0.1, 0.15) is 54.0 Å². The Morgan fingerprint density at radius 1 is 1.20 bits per heavy atom. The molecule has 0 aromatic carbocycles. The van der Waals surface area contributed by atoms with E-state index in [1.807, 2.05) is 20.8 Å². The highest BCUT2D eigenvalue weighted by Crippen LogP contribution is 2.21. The summed E-state index contributed by atoms with van der Waals surface area (Å²) in [5.74, 6) is 0.768. The van der Waals surface area contributed by atoms with Crippen LogP contribution in [-0.2, 0) is 4.79 Å². The number of nitrogens with one attached hydrogen (secondary N) is 3. The van der Waals surface area contributed by atoms with Gasteiger partial charge in [-0.15, -0.1) is 0 Å². The Morgan fingerprint density at radius 3 is 2.24 bits per heavy atom. The highest BCUT2D eigenvalue weighted by atomic mass is 16.2. The number of carbonyl (C=O) groups is 1. The summed E-state index contributed by atoms with van der Waals surface area (Å²) in [7, 11) is 0. The molecule has 7 heteroatoms. The molecule has 0 atom stereocenters. The molecule has 1 heterocycles. The van der Waals surface area contributed by atoms with Crippen molar-refractivity contribution in [1.82, 2.24) is 14.9 Å². The van der Waals surface area contributed by atoms with Crippen molar-refractivity contribution >= 4 is 23.8 Å². The maximum atomic E-state index is 12.2. The minimum atomic E-state index is -0.535. The van der Waals surface area contributed by atoms with Crippen molar-refractivity contribution in [2.75, 3.05) is 23.7 Å². The van der Waals surface area contributed by atoms with Gasteiger partial charge in [-0.2, -0.15) is 0 Å². The molecule has 0 saturated heterocycles.